The highest BCUT2D eigenvalue weighted by molar-refractivity contribution is 5.86. The van der Waals surface area contributed by atoms with Crippen molar-refractivity contribution in [1.82, 2.24) is 0 Å². The summed E-state index contributed by atoms with van der Waals surface area (Å²) in [5.74, 6) is -0.102. The molecule has 0 rings (SSSR count). The molecule has 3 heteroatoms. The van der Waals surface area contributed by atoms with E-state index < -0.39 is 6.61 Å². The van der Waals surface area contributed by atoms with E-state index in [0.29, 0.717) is 12.8 Å². The molecule has 0 aliphatic carbocycles. The molecule has 0 aromatic rings. The van der Waals surface area contributed by atoms with E-state index in [2.05, 4.69) is 6.92 Å². The number of unbranched alkanes of at least 4 members (excludes halogenated alkanes) is 3. The minimum absolute atomic E-state index is 0.142. The third-order valence-electron chi connectivity index (χ3n) is 2.17. The van der Waals surface area contributed by atoms with Gasteiger partial charge < -0.3 is 5.11 Å². The Morgan fingerprint density at radius 2 is 1.57 bits per heavy atom. The SMILES string of the molecule is CCCCCCC(=O)CCC(=O)CO. The maximum Gasteiger partial charge on any atom is 0.158 e. The lowest BCUT2D eigenvalue weighted by atomic mass is 10.1. The molecule has 0 amide bonds. The summed E-state index contributed by atoms with van der Waals surface area (Å²) < 4.78 is 0. The Bertz CT molecular complexity index is 175. The van der Waals surface area contributed by atoms with Crippen LogP contribution in [0.15, 0.2) is 0 Å². The molecule has 1 N–H and O–H groups in total. The van der Waals surface area contributed by atoms with E-state index in [1.54, 1.807) is 0 Å². The lowest BCUT2D eigenvalue weighted by Crippen LogP contribution is -2.07. The number of aliphatic hydroxyl groups excluding tert-OH is 1. The molecule has 0 aromatic heterocycles. The van der Waals surface area contributed by atoms with Gasteiger partial charge >= 0.3 is 0 Å². The van der Waals surface area contributed by atoms with Gasteiger partial charge in [-0.2, -0.15) is 0 Å². The molecule has 0 aromatic carbocycles. The van der Waals surface area contributed by atoms with E-state index in [1.165, 1.54) is 6.42 Å². The molecule has 0 saturated heterocycles. The average molecular weight is 200 g/mol. The van der Waals surface area contributed by atoms with Crippen molar-refractivity contribution in [2.75, 3.05) is 6.61 Å². The van der Waals surface area contributed by atoms with Gasteiger partial charge in [0.1, 0.15) is 12.4 Å². The monoisotopic (exact) mass is 200 g/mol. The van der Waals surface area contributed by atoms with Crippen LogP contribution in [-0.4, -0.2) is 23.3 Å². The van der Waals surface area contributed by atoms with Crippen LogP contribution in [0.3, 0.4) is 0 Å². The zero-order chi connectivity index (χ0) is 10.8. The van der Waals surface area contributed by atoms with Crippen LogP contribution >= 0.6 is 0 Å². The Morgan fingerprint density at radius 3 is 2.14 bits per heavy atom. The van der Waals surface area contributed by atoms with E-state index in [-0.39, 0.29) is 18.0 Å². The fourth-order valence-electron chi connectivity index (χ4n) is 1.23. The predicted octanol–water partition coefficient (Wildman–Crippen LogP) is 1.87. The highest BCUT2D eigenvalue weighted by Crippen LogP contribution is 2.05. The molecule has 14 heavy (non-hydrogen) atoms. The second kappa shape index (κ2) is 8.88. The van der Waals surface area contributed by atoms with Gasteiger partial charge in [-0.1, -0.05) is 26.2 Å². The quantitative estimate of drug-likeness (QED) is 0.578. The lowest BCUT2D eigenvalue weighted by Gasteiger charge is -1.99. The molecule has 0 aliphatic heterocycles. The third-order valence-corrected chi connectivity index (χ3v) is 2.17. The molecule has 0 aliphatic rings. The van der Waals surface area contributed by atoms with Crippen molar-refractivity contribution >= 4 is 11.6 Å². The second-order valence-electron chi connectivity index (χ2n) is 3.55. The number of carbonyl (C=O) groups is 2. The van der Waals surface area contributed by atoms with Crippen molar-refractivity contribution in [2.45, 2.75) is 51.9 Å². The zero-order valence-corrected chi connectivity index (χ0v) is 8.92. The average Bonchev–Trinajstić information content (AvgIpc) is 2.21. The number of carbonyl (C=O) groups excluding carboxylic acids is 2. The van der Waals surface area contributed by atoms with Gasteiger partial charge in [0, 0.05) is 19.3 Å². The molecule has 0 heterocycles. The van der Waals surface area contributed by atoms with Crippen LogP contribution in [0.5, 0.6) is 0 Å². The maximum atomic E-state index is 11.2. The largest absolute Gasteiger partial charge is 0.389 e. The van der Waals surface area contributed by atoms with Gasteiger partial charge in [0.05, 0.1) is 0 Å². The number of aliphatic hydroxyl groups is 1. The van der Waals surface area contributed by atoms with Crippen LogP contribution < -0.4 is 0 Å². The Morgan fingerprint density at radius 1 is 0.929 bits per heavy atom. The van der Waals surface area contributed by atoms with Crippen molar-refractivity contribution in [3.8, 4) is 0 Å². The summed E-state index contributed by atoms with van der Waals surface area (Å²) in [4.78, 5) is 21.9. The van der Waals surface area contributed by atoms with Crippen molar-refractivity contribution in [3.05, 3.63) is 0 Å². The molecule has 0 atom stereocenters. The lowest BCUT2D eigenvalue weighted by molar-refractivity contribution is -0.125. The van der Waals surface area contributed by atoms with Crippen molar-refractivity contribution in [1.29, 1.82) is 0 Å². The van der Waals surface area contributed by atoms with Crippen LogP contribution in [0.1, 0.15) is 51.9 Å². The molecule has 0 fully saturated rings. The summed E-state index contributed by atoms with van der Waals surface area (Å²) in [5.41, 5.74) is 0. The summed E-state index contributed by atoms with van der Waals surface area (Å²) in [7, 11) is 0. The Hall–Kier alpha value is -0.700. The number of hydrogen-bond donors (Lipinski definition) is 1. The van der Waals surface area contributed by atoms with Crippen LogP contribution in [0.25, 0.3) is 0 Å². The van der Waals surface area contributed by atoms with Gasteiger partial charge in [-0.05, 0) is 6.42 Å². The van der Waals surface area contributed by atoms with Crippen LogP contribution in [0.4, 0.5) is 0 Å². The summed E-state index contributed by atoms with van der Waals surface area (Å²) in [6.07, 6.45) is 5.43. The van der Waals surface area contributed by atoms with Crippen LogP contribution in [0, 0.1) is 0 Å². The van der Waals surface area contributed by atoms with Crippen LogP contribution in [-0.2, 0) is 9.59 Å². The Labute approximate surface area is 85.5 Å². The number of rotatable bonds is 9. The number of hydrogen-bond acceptors (Lipinski definition) is 3. The zero-order valence-electron chi connectivity index (χ0n) is 8.92. The summed E-state index contributed by atoms with van der Waals surface area (Å²) in [6.45, 7) is 1.69. The molecule has 0 bridgehead atoms. The molecular weight excluding hydrogens is 180 g/mol. The van der Waals surface area contributed by atoms with Gasteiger partial charge in [0.2, 0.25) is 0 Å². The first-order chi connectivity index (χ1) is 6.70. The molecule has 0 radical (unpaired) electrons. The van der Waals surface area contributed by atoms with Crippen molar-refractivity contribution < 1.29 is 14.7 Å². The second-order valence-corrected chi connectivity index (χ2v) is 3.55. The normalized spacial score (nSPS) is 10.1. The third kappa shape index (κ3) is 7.92. The molecule has 0 unspecified atom stereocenters. The summed E-state index contributed by atoms with van der Waals surface area (Å²) >= 11 is 0. The van der Waals surface area contributed by atoms with E-state index in [4.69, 9.17) is 5.11 Å². The Kier molecular flexibility index (Phi) is 8.43. The topological polar surface area (TPSA) is 54.4 Å². The first kappa shape index (κ1) is 13.3. The molecule has 82 valence electrons. The highest BCUT2D eigenvalue weighted by atomic mass is 16.3. The Balaban J connectivity index is 3.32. The van der Waals surface area contributed by atoms with E-state index in [1.807, 2.05) is 0 Å². The summed E-state index contributed by atoms with van der Waals surface area (Å²) in [6, 6.07) is 0. The van der Waals surface area contributed by atoms with Gasteiger partial charge in [0.25, 0.3) is 0 Å². The fourth-order valence-corrected chi connectivity index (χ4v) is 1.23. The van der Waals surface area contributed by atoms with E-state index in [0.717, 1.165) is 19.3 Å². The molecule has 3 nitrogen and oxygen atoms in total. The van der Waals surface area contributed by atoms with Crippen molar-refractivity contribution in [3.63, 3.8) is 0 Å². The standard InChI is InChI=1S/C11H20O3/c1-2-3-4-5-6-10(13)7-8-11(14)9-12/h12H,2-9H2,1H3. The van der Waals surface area contributed by atoms with Gasteiger partial charge in [-0.15, -0.1) is 0 Å². The van der Waals surface area contributed by atoms with E-state index in [9.17, 15) is 9.59 Å². The first-order valence-electron chi connectivity index (χ1n) is 5.35. The maximum absolute atomic E-state index is 11.2. The highest BCUT2D eigenvalue weighted by Gasteiger charge is 2.05. The van der Waals surface area contributed by atoms with E-state index >= 15 is 0 Å². The van der Waals surface area contributed by atoms with Crippen LogP contribution in [0.2, 0.25) is 0 Å². The summed E-state index contributed by atoms with van der Waals surface area (Å²) in [5, 5.41) is 8.43. The number of ketones is 2. The van der Waals surface area contributed by atoms with Gasteiger partial charge in [-0.3, -0.25) is 9.59 Å². The molecular formula is C11H20O3. The minimum atomic E-state index is -0.441. The minimum Gasteiger partial charge on any atom is -0.389 e. The van der Waals surface area contributed by atoms with Crippen molar-refractivity contribution in [2.24, 2.45) is 0 Å². The molecule has 0 spiro atoms. The predicted molar refractivity (Wildman–Crippen MR) is 55.1 cm³/mol. The smallest absolute Gasteiger partial charge is 0.158 e. The molecule has 0 saturated carbocycles. The van der Waals surface area contributed by atoms with Gasteiger partial charge in [-0.25, -0.2) is 0 Å². The number of Topliss-reactive ketones (excluding diaryl/α,β-unsaturated/α-hetero) is 2. The fraction of sp³-hybridized carbons (Fsp3) is 0.818. The van der Waals surface area contributed by atoms with Gasteiger partial charge in [0.15, 0.2) is 5.78 Å². The first-order valence-corrected chi connectivity index (χ1v) is 5.35.